The highest BCUT2D eigenvalue weighted by Gasteiger charge is 2.29. The first kappa shape index (κ1) is 11.4. The highest BCUT2D eigenvalue weighted by atomic mass is 16.5. The summed E-state index contributed by atoms with van der Waals surface area (Å²) in [4.78, 5) is 24.5. The van der Waals surface area contributed by atoms with Crippen LogP contribution in [0.4, 0.5) is 4.79 Å². The molecule has 0 aromatic carbocycles. The molecule has 0 aromatic rings. The molecule has 0 aliphatic carbocycles. The van der Waals surface area contributed by atoms with Gasteiger partial charge in [0, 0.05) is 26.3 Å². The van der Waals surface area contributed by atoms with Crippen LogP contribution in [0.1, 0.15) is 19.8 Å². The molecule has 2 aliphatic heterocycles. The summed E-state index contributed by atoms with van der Waals surface area (Å²) < 4.78 is 5.29. The lowest BCUT2D eigenvalue weighted by Gasteiger charge is -2.30. The molecule has 0 radical (unpaired) electrons. The molecule has 16 heavy (non-hydrogen) atoms. The second-order valence-corrected chi connectivity index (χ2v) is 4.66. The van der Waals surface area contributed by atoms with E-state index in [0.29, 0.717) is 12.5 Å². The number of carbonyl (C=O) groups excluding carboxylic acids is 2. The maximum atomic E-state index is 11.5. The summed E-state index contributed by atoms with van der Waals surface area (Å²) in [6.45, 7) is 4.75. The molecule has 90 valence electrons. The molecule has 3 amide bonds. The van der Waals surface area contributed by atoms with Crippen molar-refractivity contribution in [2.24, 2.45) is 11.8 Å². The molecule has 0 saturated carbocycles. The lowest BCUT2D eigenvalue weighted by Crippen LogP contribution is -2.54. The normalized spacial score (nSPS) is 30.7. The highest BCUT2D eigenvalue weighted by molar-refractivity contribution is 5.97. The Labute approximate surface area is 95.1 Å². The summed E-state index contributed by atoms with van der Waals surface area (Å²) in [7, 11) is 0. The van der Waals surface area contributed by atoms with Crippen LogP contribution in [-0.2, 0) is 9.53 Å². The van der Waals surface area contributed by atoms with Gasteiger partial charge < -0.3 is 9.64 Å². The van der Waals surface area contributed by atoms with E-state index in [4.69, 9.17) is 4.74 Å². The van der Waals surface area contributed by atoms with Crippen molar-refractivity contribution in [2.75, 3.05) is 26.3 Å². The SMILES string of the molecule is CC1CN(CCC2CCOC2)C(=O)NC1=O. The van der Waals surface area contributed by atoms with E-state index in [9.17, 15) is 9.59 Å². The Morgan fingerprint density at radius 2 is 2.31 bits per heavy atom. The molecular formula is C11H18N2O3. The largest absolute Gasteiger partial charge is 0.381 e. The number of ether oxygens (including phenoxy) is 1. The second kappa shape index (κ2) is 4.82. The fraction of sp³-hybridized carbons (Fsp3) is 0.818. The van der Waals surface area contributed by atoms with Crippen LogP contribution in [0.3, 0.4) is 0 Å². The summed E-state index contributed by atoms with van der Waals surface area (Å²) in [6.07, 6.45) is 2.05. The Morgan fingerprint density at radius 1 is 1.50 bits per heavy atom. The number of carbonyl (C=O) groups is 2. The van der Waals surface area contributed by atoms with Gasteiger partial charge in [-0.25, -0.2) is 4.79 Å². The van der Waals surface area contributed by atoms with Crippen molar-refractivity contribution >= 4 is 11.9 Å². The molecule has 2 atom stereocenters. The van der Waals surface area contributed by atoms with E-state index in [2.05, 4.69) is 5.32 Å². The standard InChI is InChI=1S/C11H18N2O3/c1-8-6-13(11(15)12-10(8)14)4-2-9-3-5-16-7-9/h8-9H,2-7H2,1H3,(H,12,14,15). The quantitative estimate of drug-likeness (QED) is 0.766. The third-order valence-corrected chi connectivity index (χ3v) is 3.29. The summed E-state index contributed by atoms with van der Waals surface area (Å²) in [5.41, 5.74) is 0. The van der Waals surface area contributed by atoms with Gasteiger partial charge in [-0.1, -0.05) is 6.92 Å². The summed E-state index contributed by atoms with van der Waals surface area (Å²) in [5, 5.41) is 2.37. The van der Waals surface area contributed by atoms with Crippen LogP contribution < -0.4 is 5.32 Å². The van der Waals surface area contributed by atoms with Crippen molar-refractivity contribution in [1.29, 1.82) is 0 Å². The van der Waals surface area contributed by atoms with Gasteiger partial charge >= 0.3 is 6.03 Å². The van der Waals surface area contributed by atoms with Crippen molar-refractivity contribution in [3.05, 3.63) is 0 Å². The van der Waals surface area contributed by atoms with Crippen molar-refractivity contribution < 1.29 is 14.3 Å². The van der Waals surface area contributed by atoms with E-state index in [1.165, 1.54) is 0 Å². The average molecular weight is 226 g/mol. The Morgan fingerprint density at radius 3 is 3.00 bits per heavy atom. The number of rotatable bonds is 3. The van der Waals surface area contributed by atoms with Crippen LogP contribution >= 0.6 is 0 Å². The Hall–Kier alpha value is -1.10. The zero-order valence-corrected chi connectivity index (χ0v) is 9.57. The number of nitrogens with zero attached hydrogens (tertiary/aromatic N) is 1. The van der Waals surface area contributed by atoms with Gasteiger partial charge in [-0.2, -0.15) is 0 Å². The second-order valence-electron chi connectivity index (χ2n) is 4.66. The third-order valence-electron chi connectivity index (χ3n) is 3.29. The number of nitrogens with one attached hydrogen (secondary N) is 1. The number of urea groups is 1. The molecule has 2 saturated heterocycles. The van der Waals surface area contributed by atoms with Crippen LogP contribution in [-0.4, -0.2) is 43.1 Å². The van der Waals surface area contributed by atoms with Gasteiger partial charge in [0.2, 0.25) is 5.91 Å². The molecule has 5 nitrogen and oxygen atoms in total. The molecular weight excluding hydrogens is 208 g/mol. The van der Waals surface area contributed by atoms with Crippen LogP contribution in [0, 0.1) is 11.8 Å². The predicted octanol–water partition coefficient (Wildman–Crippen LogP) is 0.601. The van der Waals surface area contributed by atoms with E-state index in [-0.39, 0.29) is 17.9 Å². The number of imide groups is 1. The van der Waals surface area contributed by atoms with Gasteiger partial charge in [0.25, 0.3) is 0 Å². The number of amides is 3. The van der Waals surface area contributed by atoms with Gasteiger partial charge in [-0.3, -0.25) is 10.1 Å². The monoisotopic (exact) mass is 226 g/mol. The van der Waals surface area contributed by atoms with Gasteiger partial charge in [0.15, 0.2) is 0 Å². The minimum Gasteiger partial charge on any atom is -0.381 e. The van der Waals surface area contributed by atoms with Crippen molar-refractivity contribution in [2.45, 2.75) is 19.8 Å². The van der Waals surface area contributed by atoms with Crippen LogP contribution in [0.25, 0.3) is 0 Å². The molecule has 2 fully saturated rings. The van der Waals surface area contributed by atoms with E-state index in [1.54, 1.807) is 4.90 Å². The van der Waals surface area contributed by atoms with Gasteiger partial charge in [0.1, 0.15) is 0 Å². The topological polar surface area (TPSA) is 58.6 Å². The molecule has 2 rings (SSSR count). The van der Waals surface area contributed by atoms with Crippen LogP contribution in [0.2, 0.25) is 0 Å². The first-order chi connectivity index (χ1) is 7.66. The third kappa shape index (κ3) is 2.52. The minimum atomic E-state index is -0.248. The fourth-order valence-electron chi connectivity index (χ4n) is 2.15. The highest BCUT2D eigenvalue weighted by Crippen LogP contribution is 2.18. The number of hydrogen-bond donors (Lipinski definition) is 1. The molecule has 0 spiro atoms. The molecule has 0 aromatic heterocycles. The lowest BCUT2D eigenvalue weighted by atomic mass is 10.0. The zero-order chi connectivity index (χ0) is 11.5. The maximum absolute atomic E-state index is 11.5. The average Bonchev–Trinajstić information content (AvgIpc) is 2.74. The lowest BCUT2D eigenvalue weighted by molar-refractivity contribution is -0.125. The predicted molar refractivity (Wildman–Crippen MR) is 57.8 cm³/mol. The van der Waals surface area contributed by atoms with Gasteiger partial charge in [-0.15, -0.1) is 0 Å². The van der Waals surface area contributed by atoms with E-state index in [1.807, 2.05) is 6.92 Å². The summed E-state index contributed by atoms with van der Waals surface area (Å²) >= 11 is 0. The molecule has 5 heteroatoms. The van der Waals surface area contributed by atoms with Crippen molar-refractivity contribution in [3.63, 3.8) is 0 Å². The smallest absolute Gasteiger partial charge is 0.324 e. The van der Waals surface area contributed by atoms with E-state index < -0.39 is 0 Å². The first-order valence-electron chi connectivity index (χ1n) is 5.84. The van der Waals surface area contributed by atoms with Crippen molar-refractivity contribution in [3.8, 4) is 0 Å². The molecule has 0 bridgehead atoms. The molecule has 2 heterocycles. The number of hydrogen-bond acceptors (Lipinski definition) is 3. The van der Waals surface area contributed by atoms with Gasteiger partial charge in [0.05, 0.1) is 5.92 Å². The summed E-state index contributed by atoms with van der Waals surface area (Å²) in [5.74, 6) is 0.309. The van der Waals surface area contributed by atoms with Gasteiger partial charge in [-0.05, 0) is 18.8 Å². The van der Waals surface area contributed by atoms with Crippen molar-refractivity contribution in [1.82, 2.24) is 10.2 Å². The van der Waals surface area contributed by atoms with E-state index >= 15 is 0 Å². The maximum Gasteiger partial charge on any atom is 0.324 e. The van der Waals surface area contributed by atoms with E-state index in [0.717, 1.165) is 32.6 Å². The molecule has 2 unspecified atom stereocenters. The Kier molecular flexibility index (Phi) is 3.43. The molecule has 2 aliphatic rings. The summed E-state index contributed by atoms with van der Waals surface area (Å²) in [6, 6.07) is -0.248. The van der Waals surface area contributed by atoms with Crippen LogP contribution in [0.5, 0.6) is 0 Å². The van der Waals surface area contributed by atoms with Crippen LogP contribution in [0.15, 0.2) is 0 Å². The molecule has 1 N–H and O–H groups in total. The fourth-order valence-corrected chi connectivity index (χ4v) is 2.15. The first-order valence-corrected chi connectivity index (χ1v) is 5.84. The Bertz CT molecular complexity index is 287. The Balaban J connectivity index is 1.79. The minimum absolute atomic E-state index is 0.0995. The zero-order valence-electron chi connectivity index (χ0n) is 9.57.